The summed E-state index contributed by atoms with van der Waals surface area (Å²) in [6.07, 6.45) is 1.78. The van der Waals surface area contributed by atoms with Gasteiger partial charge in [0.15, 0.2) is 4.32 Å². The molecule has 0 bridgehead atoms. The zero-order valence-electron chi connectivity index (χ0n) is 14.7. The van der Waals surface area contributed by atoms with Crippen molar-refractivity contribution in [3.63, 3.8) is 0 Å². The number of hydrogen-bond donors (Lipinski definition) is 1. The lowest BCUT2D eigenvalue weighted by Crippen LogP contribution is -2.44. The van der Waals surface area contributed by atoms with Gasteiger partial charge in [-0.15, -0.1) is 0 Å². The molecule has 1 fully saturated rings. The lowest BCUT2D eigenvalue weighted by molar-refractivity contribution is -0.123. The van der Waals surface area contributed by atoms with Crippen LogP contribution in [0.2, 0.25) is 5.02 Å². The number of amides is 2. The van der Waals surface area contributed by atoms with Crippen molar-refractivity contribution >= 4 is 57.8 Å². The van der Waals surface area contributed by atoms with Gasteiger partial charge >= 0.3 is 0 Å². The summed E-state index contributed by atoms with van der Waals surface area (Å²) in [6, 6.07) is 14.4. The highest BCUT2D eigenvalue weighted by Crippen LogP contribution is 2.31. The maximum absolute atomic E-state index is 12.6. The number of carbonyl (C=O) groups excluding carboxylic acids is 2. The summed E-state index contributed by atoms with van der Waals surface area (Å²) in [5, 5.41) is 1.63. The van der Waals surface area contributed by atoms with Crippen molar-refractivity contribution in [2.24, 2.45) is 0 Å². The largest absolute Gasteiger partial charge is 0.285 e. The van der Waals surface area contributed by atoms with Crippen LogP contribution in [0.3, 0.4) is 0 Å². The van der Waals surface area contributed by atoms with Crippen LogP contribution in [-0.2, 0) is 4.79 Å². The smallest absolute Gasteiger partial charge is 0.267 e. The van der Waals surface area contributed by atoms with E-state index in [0.29, 0.717) is 21.4 Å². The summed E-state index contributed by atoms with van der Waals surface area (Å²) in [7, 11) is 0. The molecule has 1 heterocycles. The van der Waals surface area contributed by atoms with Crippen molar-refractivity contribution in [1.29, 1.82) is 0 Å². The normalized spacial score (nSPS) is 15.7. The van der Waals surface area contributed by atoms with Crippen LogP contribution in [0.25, 0.3) is 6.08 Å². The molecule has 0 unspecified atom stereocenters. The second-order valence-electron chi connectivity index (χ2n) is 6.29. The molecule has 27 heavy (non-hydrogen) atoms. The minimum atomic E-state index is -0.425. The molecule has 1 N–H and O–H groups in total. The van der Waals surface area contributed by atoms with Crippen LogP contribution in [-0.4, -0.2) is 21.1 Å². The van der Waals surface area contributed by atoms with Gasteiger partial charge < -0.3 is 0 Å². The van der Waals surface area contributed by atoms with Gasteiger partial charge in [-0.3, -0.25) is 15.0 Å². The fraction of sp³-hybridized carbons (Fsp3) is 0.150. The number of nitrogens with zero attached hydrogens (tertiary/aromatic N) is 1. The molecule has 2 aromatic carbocycles. The van der Waals surface area contributed by atoms with Crippen LogP contribution in [0.5, 0.6) is 0 Å². The van der Waals surface area contributed by atoms with Crippen molar-refractivity contribution in [2.75, 3.05) is 0 Å². The van der Waals surface area contributed by atoms with E-state index in [-0.39, 0.29) is 10.2 Å². The molecular weight excluding hydrogens is 400 g/mol. The van der Waals surface area contributed by atoms with Crippen LogP contribution < -0.4 is 5.43 Å². The van der Waals surface area contributed by atoms with Crippen molar-refractivity contribution in [2.45, 2.75) is 19.8 Å². The molecule has 0 saturated carbocycles. The predicted octanol–water partition coefficient (Wildman–Crippen LogP) is 5.01. The molecule has 1 aliphatic rings. The van der Waals surface area contributed by atoms with E-state index in [1.165, 1.54) is 5.56 Å². The Morgan fingerprint density at radius 1 is 1.15 bits per heavy atom. The van der Waals surface area contributed by atoms with Gasteiger partial charge in [0.05, 0.1) is 4.91 Å². The van der Waals surface area contributed by atoms with E-state index in [2.05, 4.69) is 19.3 Å². The van der Waals surface area contributed by atoms with Gasteiger partial charge in [0.2, 0.25) is 0 Å². The van der Waals surface area contributed by atoms with E-state index in [9.17, 15) is 9.59 Å². The SMILES string of the molecule is CC(C)c1ccc(/C=C2\SC(=S)N(NC(=O)c3ccc(Cl)cc3)C2=O)cc1. The maximum atomic E-state index is 12.6. The Morgan fingerprint density at radius 2 is 1.78 bits per heavy atom. The number of thiocarbonyl (C=S) groups is 1. The van der Waals surface area contributed by atoms with Crippen LogP contribution in [0.4, 0.5) is 0 Å². The van der Waals surface area contributed by atoms with Gasteiger partial charge in [-0.1, -0.05) is 61.5 Å². The van der Waals surface area contributed by atoms with Crippen LogP contribution in [0, 0.1) is 0 Å². The van der Waals surface area contributed by atoms with Crippen molar-refractivity contribution in [1.82, 2.24) is 10.4 Å². The molecule has 0 aliphatic carbocycles. The minimum Gasteiger partial charge on any atom is -0.267 e. The third-order valence-corrected chi connectivity index (χ3v) is 5.57. The lowest BCUT2D eigenvalue weighted by atomic mass is 10.0. The summed E-state index contributed by atoms with van der Waals surface area (Å²) >= 11 is 12.2. The highest BCUT2D eigenvalue weighted by molar-refractivity contribution is 8.26. The molecule has 7 heteroatoms. The molecule has 2 amide bonds. The molecular formula is C20H17ClN2O2S2. The summed E-state index contributed by atoms with van der Waals surface area (Å²) in [4.78, 5) is 25.4. The standard InChI is InChI=1S/C20H17ClN2O2S2/c1-12(2)14-5-3-13(4-6-14)11-17-19(25)23(20(26)27-17)22-18(24)15-7-9-16(21)10-8-15/h3-12H,1-2H3,(H,22,24)/b17-11-. The first-order valence-corrected chi connectivity index (χ1v) is 9.90. The highest BCUT2D eigenvalue weighted by atomic mass is 35.5. The van der Waals surface area contributed by atoms with E-state index >= 15 is 0 Å². The summed E-state index contributed by atoms with van der Waals surface area (Å²) in [5.41, 5.74) is 5.08. The Labute approximate surface area is 172 Å². The van der Waals surface area contributed by atoms with E-state index in [1.54, 1.807) is 30.3 Å². The third kappa shape index (κ3) is 4.58. The lowest BCUT2D eigenvalue weighted by Gasteiger charge is -2.15. The van der Waals surface area contributed by atoms with Gasteiger partial charge in [-0.25, -0.2) is 0 Å². The first-order chi connectivity index (χ1) is 12.8. The van der Waals surface area contributed by atoms with Gasteiger partial charge in [0, 0.05) is 10.6 Å². The summed E-state index contributed by atoms with van der Waals surface area (Å²) < 4.78 is 0.285. The fourth-order valence-electron chi connectivity index (χ4n) is 2.46. The Kier molecular flexibility index (Phi) is 5.99. The average Bonchev–Trinajstić information content (AvgIpc) is 2.90. The molecule has 0 radical (unpaired) electrons. The van der Waals surface area contributed by atoms with Crippen molar-refractivity contribution < 1.29 is 9.59 Å². The number of benzene rings is 2. The van der Waals surface area contributed by atoms with Gasteiger partial charge in [0.25, 0.3) is 11.8 Å². The first kappa shape index (κ1) is 19.6. The zero-order chi connectivity index (χ0) is 19.6. The molecule has 4 nitrogen and oxygen atoms in total. The maximum Gasteiger partial charge on any atom is 0.285 e. The average molecular weight is 417 g/mol. The van der Waals surface area contributed by atoms with E-state index in [0.717, 1.165) is 22.3 Å². The third-order valence-electron chi connectivity index (χ3n) is 4.01. The Bertz CT molecular complexity index is 922. The van der Waals surface area contributed by atoms with Crippen LogP contribution in [0.1, 0.15) is 41.3 Å². The van der Waals surface area contributed by atoms with Gasteiger partial charge in [0.1, 0.15) is 0 Å². The molecule has 0 atom stereocenters. The number of hydrazine groups is 1. The van der Waals surface area contributed by atoms with Crippen LogP contribution in [0.15, 0.2) is 53.4 Å². The molecule has 1 saturated heterocycles. The number of rotatable bonds is 4. The van der Waals surface area contributed by atoms with Crippen LogP contribution >= 0.6 is 35.6 Å². The second-order valence-corrected chi connectivity index (χ2v) is 8.40. The number of thioether (sulfide) groups is 1. The Morgan fingerprint density at radius 3 is 2.37 bits per heavy atom. The number of halogens is 1. The molecule has 138 valence electrons. The van der Waals surface area contributed by atoms with Gasteiger partial charge in [-0.05, 0) is 59.6 Å². The molecule has 3 rings (SSSR count). The molecule has 2 aromatic rings. The number of hydrogen-bond acceptors (Lipinski definition) is 4. The van der Waals surface area contributed by atoms with E-state index in [4.69, 9.17) is 23.8 Å². The minimum absolute atomic E-state index is 0.285. The predicted molar refractivity (Wildman–Crippen MR) is 114 cm³/mol. The Hall–Kier alpha value is -2.15. The zero-order valence-corrected chi connectivity index (χ0v) is 17.1. The first-order valence-electron chi connectivity index (χ1n) is 8.29. The van der Waals surface area contributed by atoms with Gasteiger partial charge in [-0.2, -0.15) is 5.01 Å². The second kappa shape index (κ2) is 8.25. The highest BCUT2D eigenvalue weighted by Gasteiger charge is 2.33. The van der Waals surface area contributed by atoms with Crippen molar-refractivity contribution in [3.05, 3.63) is 75.1 Å². The molecule has 0 spiro atoms. The monoisotopic (exact) mass is 416 g/mol. The summed E-state index contributed by atoms with van der Waals surface area (Å²) in [5.74, 6) is -0.328. The van der Waals surface area contributed by atoms with E-state index < -0.39 is 5.91 Å². The number of carbonyl (C=O) groups is 2. The fourth-order valence-corrected chi connectivity index (χ4v) is 3.77. The molecule has 0 aromatic heterocycles. The summed E-state index contributed by atoms with van der Waals surface area (Å²) in [6.45, 7) is 4.26. The van der Waals surface area contributed by atoms with E-state index in [1.807, 2.05) is 24.3 Å². The Balaban J connectivity index is 1.74. The molecule has 1 aliphatic heterocycles. The quantitative estimate of drug-likeness (QED) is 0.562. The van der Waals surface area contributed by atoms with Crippen molar-refractivity contribution in [3.8, 4) is 0 Å². The topological polar surface area (TPSA) is 49.4 Å². The number of nitrogens with one attached hydrogen (secondary N) is 1.